The molecule has 0 saturated heterocycles. The molecular formula is C62H38N2O5S. The van der Waals surface area contributed by atoms with E-state index >= 15 is 0 Å². The molecular weight excluding hydrogens is 885 g/mol. The zero-order chi connectivity index (χ0) is 46.9. The number of benzene rings is 11. The Morgan fingerprint density at radius 1 is 0.314 bits per heavy atom. The number of fused-ring (bicyclic) bond motifs is 13. The number of aromatic nitrogens is 2. The van der Waals surface area contributed by atoms with Gasteiger partial charge in [0.1, 0.15) is 0 Å². The summed E-state index contributed by atoms with van der Waals surface area (Å²) in [4.78, 5) is 0. The van der Waals surface area contributed by atoms with Crippen molar-refractivity contribution in [2.45, 2.75) is 0 Å². The first-order valence-corrected chi connectivity index (χ1v) is 23.9. The fourth-order valence-electron chi connectivity index (χ4n) is 11.0. The summed E-state index contributed by atoms with van der Waals surface area (Å²) in [7, 11) is 0. The molecule has 332 valence electrons. The molecule has 8 heteroatoms. The Hall–Kier alpha value is -9.24. The van der Waals surface area contributed by atoms with E-state index in [4.69, 9.17) is 0 Å². The van der Waals surface area contributed by atoms with Gasteiger partial charge in [0.2, 0.25) is 17.2 Å². The van der Waals surface area contributed by atoms with Crippen LogP contribution < -0.4 is 0 Å². The summed E-state index contributed by atoms with van der Waals surface area (Å²) >= 11 is 1.84. The number of nitrogens with zero attached hydrogens (tertiary/aromatic N) is 2. The van der Waals surface area contributed by atoms with E-state index in [2.05, 4.69) is 167 Å². The normalized spacial score (nSPS) is 12.0. The second-order valence-electron chi connectivity index (χ2n) is 18.0. The number of aromatic hydroxyl groups is 5. The molecule has 0 aliphatic carbocycles. The molecule has 0 fully saturated rings. The minimum Gasteiger partial charge on any atom is -0.504 e. The van der Waals surface area contributed by atoms with E-state index in [0.29, 0.717) is 5.56 Å². The lowest BCUT2D eigenvalue weighted by molar-refractivity contribution is 0.330. The van der Waals surface area contributed by atoms with Crippen LogP contribution in [-0.2, 0) is 0 Å². The Labute approximate surface area is 403 Å². The van der Waals surface area contributed by atoms with Gasteiger partial charge < -0.3 is 34.7 Å². The van der Waals surface area contributed by atoms with Gasteiger partial charge in [-0.1, -0.05) is 127 Å². The van der Waals surface area contributed by atoms with Crippen molar-refractivity contribution in [3.8, 4) is 73.5 Å². The maximum Gasteiger partial charge on any atom is 0.208 e. The zero-order valence-electron chi connectivity index (χ0n) is 37.1. The largest absolute Gasteiger partial charge is 0.504 e. The summed E-state index contributed by atoms with van der Waals surface area (Å²) in [5.74, 6) is -4.33. The number of thiophene rings is 1. The lowest BCUT2D eigenvalue weighted by atomic mass is 9.92. The molecule has 0 atom stereocenters. The molecule has 70 heavy (non-hydrogen) atoms. The van der Waals surface area contributed by atoms with E-state index in [-0.39, 0.29) is 5.56 Å². The highest BCUT2D eigenvalue weighted by molar-refractivity contribution is 7.27. The maximum absolute atomic E-state index is 11.0. The summed E-state index contributed by atoms with van der Waals surface area (Å²) in [5.41, 5.74) is 10.4. The summed E-state index contributed by atoms with van der Waals surface area (Å²) in [5, 5.41) is 64.6. The van der Waals surface area contributed by atoms with Crippen molar-refractivity contribution in [1.82, 2.24) is 9.13 Å². The highest BCUT2D eigenvalue weighted by Gasteiger charge is 2.26. The number of hydrogen-bond acceptors (Lipinski definition) is 6. The van der Waals surface area contributed by atoms with Gasteiger partial charge in [-0.15, -0.1) is 11.3 Å². The number of phenols is 5. The summed E-state index contributed by atoms with van der Waals surface area (Å²) in [6.07, 6.45) is 0. The first-order chi connectivity index (χ1) is 34.3. The highest BCUT2D eigenvalue weighted by atomic mass is 32.1. The van der Waals surface area contributed by atoms with E-state index in [1.165, 1.54) is 41.7 Å². The monoisotopic (exact) mass is 922 g/mol. The van der Waals surface area contributed by atoms with E-state index < -0.39 is 28.7 Å². The van der Waals surface area contributed by atoms with Gasteiger partial charge in [0, 0.05) is 58.5 Å². The smallest absolute Gasteiger partial charge is 0.208 e. The molecule has 0 aliphatic heterocycles. The van der Waals surface area contributed by atoms with Crippen LogP contribution >= 0.6 is 11.3 Å². The van der Waals surface area contributed by atoms with Crippen LogP contribution in [0, 0.1) is 0 Å². The minimum atomic E-state index is -1.000. The van der Waals surface area contributed by atoms with Gasteiger partial charge in [-0.3, -0.25) is 0 Å². The quantitative estimate of drug-likeness (QED) is 0.0872. The lowest BCUT2D eigenvalue weighted by Crippen LogP contribution is -1.97. The van der Waals surface area contributed by atoms with Gasteiger partial charge in [0.15, 0.2) is 11.5 Å². The standard InChI is InChI=1S/C62H38N2O5S/c65-57-55(58(66)60(68)61(69)59(57)67)36-23-26-52-48(31-36)44-18-9-11-21-51(44)64(52)40-29-37(35-22-25-45-43-17-8-10-20-50(43)63(53(45)32-35)39-13-2-1-3-14-39)28-38(30-40)47-33-49-56-41-15-5-4-12-34(41)24-27-54(56)70-62(49)46-19-7-6-16-42(46)47/h1-33,65-69H. The molecule has 14 rings (SSSR count). The zero-order valence-corrected chi connectivity index (χ0v) is 37.9. The summed E-state index contributed by atoms with van der Waals surface area (Å²) < 4.78 is 7.10. The summed E-state index contributed by atoms with van der Waals surface area (Å²) in [6, 6.07) is 70.5. The van der Waals surface area contributed by atoms with Crippen LogP contribution in [0.4, 0.5) is 0 Å². The van der Waals surface area contributed by atoms with Crippen LogP contribution in [0.25, 0.3) is 130 Å². The van der Waals surface area contributed by atoms with E-state index in [1.54, 1.807) is 6.07 Å². The molecule has 11 aromatic carbocycles. The van der Waals surface area contributed by atoms with Crippen molar-refractivity contribution in [1.29, 1.82) is 0 Å². The minimum absolute atomic E-state index is 0.199. The van der Waals surface area contributed by atoms with Crippen LogP contribution in [0.2, 0.25) is 0 Å². The van der Waals surface area contributed by atoms with Crippen molar-refractivity contribution < 1.29 is 25.5 Å². The van der Waals surface area contributed by atoms with Crippen LogP contribution in [-0.4, -0.2) is 34.7 Å². The summed E-state index contributed by atoms with van der Waals surface area (Å²) in [6.45, 7) is 0. The van der Waals surface area contributed by atoms with Crippen molar-refractivity contribution in [2.24, 2.45) is 0 Å². The van der Waals surface area contributed by atoms with Gasteiger partial charge in [-0.2, -0.15) is 0 Å². The Bertz CT molecular complexity index is 4520. The molecule has 0 aliphatic rings. The topological polar surface area (TPSA) is 111 Å². The van der Waals surface area contributed by atoms with Crippen molar-refractivity contribution >= 4 is 96.7 Å². The predicted octanol–water partition coefficient (Wildman–Crippen LogP) is 16.1. The Kier molecular flexibility index (Phi) is 8.48. The first-order valence-electron chi connectivity index (χ1n) is 23.0. The van der Waals surface area contributed by atoms with Gasteiger partial charge in [-0.25, -0.2) is 0 Å². The van der Waals surface area contributed by atoms with Crippen molar-refractivity contribution in [2.75, 3.05) is 0 Å². The number of phenolic OH excluding ortho intramolecular Hbond substituents is 5. The third kappa shape index (κ3) is 5.68. The third-order valence-corrected chi connectivity index (χ3v) is 15.4. The van der Waals surface area contributed by atoms with Gasteiger partial charge in [0.25, 0.3) is 0 Å². The molecule has 14 aromatic rings. The Morgan fingerprint density at radius 3 is 1.64 bits per heavy atom. The van der Waals surface area contributed by atoms with Crippen LogP contribution in [0.1, 0.15) is 0 Å². The fraction of sp³-hybridized carbons (Fsp3) is 0. The van der Waals surface area contributed by atoms with E-state index in [9.17, 15) is 25.5 Å². The van der Waals surface area contributed by atoms with E-state index in [1.807, 2.05) is 47.7 Å². The molecule has 0 unspecified atom stereocenters. The molecule has 0 amide bonds. The van der Waals surface area contributed by atoms with Crippen LogP contribution in [0.3, 0.4) is 0 Å². The van der Waals surface area contributed by atoms with Crippen molar-refractivity contribution in [3.05, 3.63) is 200 Å². The third-order valence-electron chi connectivity index (χ3n) is 14.2. The maximum atomic E-state index is 11.0. The van der Waals surface area contributed by atoms with E-state index in [0.717, 1.165) is 77.2 Å². The molecule has 0 saturated carbocycles. The van der Waals surface area contributed by atoms with Crippen LogP contribution in [0.5, 0.6) is 28.7 Å². The molecule has 7 nitrogen and oxygen atoms in total. The average molecular weight is 923 g/mol. The van der Waals surface area contributed by atoms with Crippen molar-refractivity contribution in [3.63, 3.8) is 0 Å². The van der Waals surface area contributed by atoms with Crippen LogP contribution in [0.15, 0.2) is 200 Å². The SMILES string of the molecule is Oc1c(O)c(O)c(-c2ccc3c(c2)c2ccccc2n3-c2cc(-c3ccc4c5ccccc5n(-c5ccccc5)c4c3)cc(-c3cc4c(sc5ccc6ccccc6c54)c4ccccc34)c2)c(O)c1O. The molecule has 3 aromatic heterocycles. The molecule has 3 heterocycles. The van der Waals surface area contributed by atoms with Gasteiger partial charge >= 0.3 is 0 Å². The van der Waals surface area contributed by atoms with Gasteiger partial charge in [0.05, 0.1) is 27.6 Å². The van der Waals surface area contributed by atoms with Gasteiger partial charge in [-0.05, 0) is 117 Å². The lowest BCUT2D eigenvalue weighted by Gasteiger charge is -2.16. The molecule has 0 radical (unpaired) electrons. The molecule has 0 spiro atoms. The highest BCUT2D eigenvalue weighted by Crippen LogP contribution is 2.55. The first kappa shape index (κ1) is 39.9. The second kappa shape index (κ2) is 14.9. The predicted molar refractivity (Wildman–Crippen MR) is 288 cm³/mol. The second-order valence-corrected chi connectivity index (χ2v) is 19.1. The number of rotatable bonds is 5. The Morgan fingerprint density at radius 2 is 0.886 bits per heavy atom. The fourth-order valence-corrected chi connectivity index (χ4v) is 12.3. The molecule has 0 bridgehead atoms. The molecule has 5 N–H and O–H groups in total. The number of para-hydroxylation sites is 3. The Balaban J connectivity index is 1.07. The number of hydrogen-bond donors (Lipinski definition) is 5. The average Bonchev–Trinajstić information content (AvgIpc) is 4.07.